The number of hydrogen-bond donors (Lipinski definition) is 1. The van der Waals surface area contributed by atoms with Crippen molar-refractivity contribution in [1.82, 2.24) is 5.32 Å². The Labute approximate surface area is 141 Å². The molecule has 1 atom stereocenters. The van der Waals surface area contributed by atoms with Crippen molar-refractivity contribution in [3.63, 3.8) is 0 Å². The smallest absolute Gasteiger partial charge is 0.224 e. The number of benzene rings is 2. The van der Waals surface area contributed by atoms with E-state index in [1.54, 1.807) is 7.11 Å². The van der Waals surface area contributed by atoms with Gasteiger partial charge in [0.25, 0.3) is 0 Å². The Kier molecular flexibility index (Phi) is 4.89. The first-order valence-electron chi connectivity index (χ1n) is 7.97. The number of amides is 1. The van der Waals surface area contributed by atoms with Crippen LogP contribution in [0.4, 0.5) is 0 Å². The summed E-state index contributed by atoms with van der Waals surface area (Å²) in [7, 11) is 1.62. The molecule has 24 heavy (non-hydrogen) atoms. The van der Waals surface area contributed by atoms with E-state index in [-0.39, 0.29) is 11.9 Å². The van der Waals surface area contributed by atoms with Gasteiger partial charge in [-0.05, 0) is 42.3 Å². The van der Waals surface area contributed by atoms with Crippen LogP contribution < -0.4 is 19.5 Å². The van der Waals surface area contributed by atoms with Crippen LogP contribution in [0.3, 0.4) is 0 Å². The van der Waals surface area contributed by atoms with E-state index in [2.05, 4.69) is 5.32 Å². The van der Waals surface area contributed by atoms with Gasteiger partial charge in [-0.3, -0.25) is 4.79 Å². The second-order valence-corrected chi connectivity index (χ2v) is 5.72. The molecule has 0 aromatic heterocycles. The van der Waals surface area contributed by atoms with Gasteiger partial charge in [-0.2, -0.15) is 0 Å². The van der Waals surface area contributed by atoms with Crippen LogP contribution in [-0.4, -0.2) is 26.2 Å². The molecule has 0 aliphatic carbocycles. The summed E-state index contributed by atoms with van der Waals surface area (Å²) in [5.74, 6) is 2.24. The third kappa shape index (κ3) is 3.79. The van der Waals surface area contributed by atoms with Crippen LogP contribution in [-0.2, 0) is 11.2 Å². The molecular weight excluding hydrogens is 306 g/mol. The second-order valence-electron chi connectivity index (χ2n) is 5.72. The van der Waals surface area contributed by atoms with Gasteiger partial charge < -0.3 is 19.5 Å². The third-order valence-electron chi connectivity index (χ3n) is 3.97. The molecule has 2 aromatic rings. The highest BCUT2D eigenvalue weighted by atomic mass is 16.6. The summed E-state index contributed by atoms with van der Waals surface area (Å²) in [5.41, 5.74) is 1.94. The molecule has 0 bridgehead atoms. The van der Waals surface area contributed by atoms with Crippen LogP contribution in [0, 0.1) is 0 Å². The van der Waals surface area contributed by atoms with Crippen molar-refractivity contribution < 1.29 is 19.0 Å². The molecule has 3 rings (SSSR count). The summed E-state index contributed by atoms with van der Waals surface area (Å²) in [6.45, 7) is 3.08. The first kappa shape index (κ1) is 16.2. The first-order valence-corrected chi connectivity index (χ1v) is 7.97. The molecule has 2 aromatic carbocycles. The molecule has 126 valence electrons. The summed E-state index contributed by atoms with van der Waals surface area (Å²) >= 11 is 0. The maximum Gasteiger partial charge on any atom is 0.224 e. The third-order valence-corrected chi connectivity index (χ3v) is 3.97. The standard InChI is InChI=1S/C19H21NO4/c1-13(15-5-8-17-18(12-15)24-10-9-23-17)20-19(21)11-14-3-6-16(22-2)7-4-14/h3-8,12-13H,9-11H2,1-2H3,(H,20,21). The topological polar surface area (TPSA) is 56.8 Å². The first-order chi connectivity index (χ1) is 11.7. The predicted octanol–water partition coefficient (Wildman–Crippen LogP) is 2.89. The monoisotopic (exact) mass is 327 g/mol. The zero-order chi connectivity index (χ0) is 16.9. The maximum atomic E-state index is 12.2. The van der Waals surface area contributed by atoms with Gasteiger partial charge in [-0.25, -0.2) is 0 Å². The van der Waals surface area contributed by atoms with Crippen LogP contribution >= 0.6 is 0 Å². The molecule has 5 heteroatoms. The quantitative estimate of drug-likeness (QED) is 0.917. The minimum atomic E-state index is -0.105. The lowest BCUT2D eigenvalue weighted by atomic mass is 10.1. The van der Waals surface area contributed by atoms with Crippen molar-refractivity contribution in [2.75, 3.05) is 20.3 Å². The van der Waals surface area contributed by atoms with E-state index >= 15 is 0 Å². The molecule has 1 unspecified atom stereocenters. The summed E-state index contributed by atoms with van der Waals surface area (Å²) in [4.78, 5) is 12.2. The summed E-state index contributed by atoms with van der Waals surface area (Å²) in [6, 6.07) is 13.2. The molecule has 1 aliphatic rings. The van der Waals surface area contributed by atoms with Gasteiger partial charge in [0.05, 0.1) is 19.6 Å². The highest BCUT2D eigenvalue weighted by molar-refractivity contribution is 5.79. The maximum absolute atomic E-state index is 12.2. The number of fused-ring (bicyclic) bond motifs is 1. The van der Waals surface area contributed by atoms with Crippen LogP contribution in [0.5, 0.6) is 17.2 Å². The molecule has 0 radical (unpaired) electrons. The van der Waals surface area contributed by atoms with Crippen molar-refractivity contribution >= 4 is 5.91 Å². The molecule has 0 fully saturated rings. The van der Waals surface area contributed by atoms with Crippen molar-refractivity contribution in [3.05, 3.63) is 53.6 Å². The summed E-state index contributed by atoms with van der Waals surface area (Å²) in [5, 5.41) is 3.01. The number of ether oxygens (including phenoxy) is 3. The molecular formula is C19H21NO4. The van der Waals surface area contributed by atoms with Gasteiger partial charge in [0, 0.05) is 0 Å². The van der Waals surface area contributed by atoms with Gasteiger partial charge in [0.1, 0.15) is 19.0 Å². The van der Waals surface area contributed by atoms with Gasteiger partial charge >= 0.3 is 0 Å². The molecule has 1 amide bonds. The van der Waals surface area contributed by atoms with E-state index in [9.17, 15) is 4.79 Å². The average molecular weight is 327 g/mol. The van der Waals surface area contributed by atoms with Crippen molar-refractivity contribution in [2.45, 2.75) is 19.4 Å². The molecule has 1 heterocycles. The molecule has 0 spiro atoms. The number of methoxy groups -OCH3 is 1. The van der Waals surface area contributed by atoms with Crippen molar-refractivity contribution in [3.8, 4) is 17.2 Å². The van der Waals surface area contributed by atoms with Crippen LogP contribution in [0.15, 0.2) is 42.5 Å². The van der Waals surface area contributed by atoms with Gasteiger partial charge in [0.2, 0.25) is 5.91 Å². The van der Waals surface area contributed by atoms with E-state index in [0.29, 0.717) is 19.6 Å². The zero-order valence-electron chi connectivity index (χ0n) is 13.9. The number of carbonyl (C=O) groups is 1. The molecule has 1 N–H and O–H groups in total. The fourth-order valence-corrected chi connectivity index (χ4v) is 2.63. The van der Waals surface area contributed by atoms with E-state index in [4.69, 9.17) is 14.2 Å². The molecule has 0 saturated heterocycles. The van der Waals surface area contributed by atoms with Crippen molar-refractivity contribution in [2.24, 2.45) is 0 Å². The lowest BCUT2D eigenvalue weighted by molar-refractivity contribution is -0.121. The largest absolute Gasteiger partial charge is 0.497 e. The molecule has 5 nitrogen and oxygen atoms in total. The van der Waals surface area contributed by atoms with Gasteiger partial charge in [0.15, 0.2) is 11.5 Å². The Morgan fingerprint density at radius 3 is 2.54 bits per heavy atom. The fourth-order valence-electron chi connectivity index (χ4n) is 2.63. The van der Waals surface area contributed by atoms with Crippen LogP contribution in [0.1, 0.15) is 24.1 Å². The normalized spacial score (nSPS) is 13.9. The lowest BCUT2D eigenvalue weighted by Crippen LogP contribution is -2.28. The Morgan fingerprint density at radius 1 is 1.12 bits per heavy atom. The van der Waals surface area contributed by atoms with Gasteiger partial charge in [-0.1, -0.05) is 18.2 Å². The zero-order valence-corrected chi connectivity index (χ0v) is 13.9. The Morgan fingerprint density at radius 2 is 1.83 bits per heavy atom. The van der Waals surface area contributed by atoms with Crippen LogP contribution in [0.25, 0.3) is 0 Å². The van der Waals surface area contributed by atoms with E-state index in [0.717, 1.165) is 28.4 Å². The number of hydrogen-bond acceptors (Lipinski definition) is 4. The minimum Gasteiger partial charge on any atom is -0.497 e. The summed E-state index contributed by atoms with van der Waals surface area (Å²) in [6.07, 6.45) is 0.332. The molecule has 1 aliphatic heterocycles. The van der Waals surface area contributed by atoms with E-state index < -0.39 is 0 Å². The second kappa shape index (κ2) is 7.25. The van der Waals surface area contributed by atoms with E-state index in [1.165, 1.54) is 0 Å². The summed E-state index contributed by atoms with van der Waals surface area (Å²) < 4.78 is 16.2. The minimum absolute atomic E-state index is 0.0254. The highest BCUT2D eigenvalue weighted by Crippen LogP contribution is 2.32. The van der Waals surface area contributed by atoms with E-state index in [1.807, 2.05) is 49.4 Å². The fraction of sp³-hybridized carbons (Fsp3) is 0.316. The highest BCUT2D eigenvalue weighted by Gasteiger charge is 2.16. The number of carbonyl (C=O) groups excluding carboxylic acids is 1. The lowest BCUT2D eigenvalue weighted by Gasteiger charge is -2.21. The van der Waals surface area contributed by atoms with Crippen LogP contribution in [0.2, 0.25) is 0 Å². The average Bonchev–Trinajstić information content (AvgIpc) is 2.61. The van der Waals surface area contributed by atoms with Crippen molar-refractivity contribution in [1.29, 1.82) is 0 Å². The Hall–Kier alpha value is -2.69. The van der Waals surface area contributed by atoms with Gasteiger partial charge in [-0.15, -0.1) is 0 Å². The number of rotatable bonds is 5. The Bertz CT molecular complexity index is 712. The SMILES string of the molecule is COc1ccc(CC(=O)NC(C)c2ccc3c(c2)OCCO3)cc1. The number of nitrogens with one attached hydrogen (secondary N) is 1. The predicted molar refractivity (Wildman–Crippen MR) is 90.7 cm³/mol. The molecule has 0 saturated carbocycles. The Balaban J connectivity index is 1.61.